The molecule has 0 saturated carbocycles. The van der Waals surface area contributed by atoms with E-state index in [0.717, 1.165) is 5.56 Å². The lowest BCUT2D eigenvalue weighted by molar-refractivity contribution is 0.194. The molecule has 0 aromatic carbocycles. The average Bonchev–Trinajstić information content (AvgIpc) is 2.82. The number of aliphatic hydroxyl groups excluding tert-OH is 1. The lowest BCUT2D eigenvalue weighted by Crippen LogP contribution is -2.14. The molecule has 1 atom stereocenters. The summed E-state index contributed by atoms with van der Waals surface area (Å²) in [7, 11) is 1.57. The van der Waals surface area contributed by atoms with Gasteiger partial charge in [0.15, 0.2) is 5.75 Å². The summed E-state index contributed by atoms with van der Waals surface area (Å²) in [5, 5.41) is 14.9. The van der Waals surface area contributed by atoms with E-state index in [4.69, 9.17) is 4.74 Å². The molecule has 0 fully saturated rings. The molecule has 2 rings (SSSR count). The number of aliphatic hydroxyl groups is 1. The smallest absolute Gasteiger partial charge is 0.163 e. The highest BCUT2D eigenvalue weighted by molar-refractivity contribution is 5.35. The van der Waals surface area contributed by atoms with E-state index >= 15 is 0 Å². The highest BCUT2D eigenvalue weighted by atomic mass is 16.5. The van der Waals surface area contributed by atoms with Crippen molar-refractivity contribution in [3.8, 4) is 5.75 Å². The molecule has 102 valence electrons. The molecule has 19 heavy (non-hydrogen) atoms. The number of pyridine rings is 1. The molecule has 0 aliphatic heterocycles. The molecule has 0 amide bonds. The van der Waals surface area contributed by atoms with Gasteiger partial charge in [-0.05, 0) is 32.4 Å². The first kappa shape index (κ1) is 13.5. The molecule has 0 bridgehead atoms. The summed E-state index contributed by atoms with van der Waals surface area (Å²) in [6.45, 7) is 5.94. The van der Waals surface area contributed by atoms with Crippen LogP contribution in [0.25, 0.3) is 0 Å². The van der Waals surface area contributed by atoms with Gasteiger partial charge in [0, 0.05) is 12.2 Å². The first-order valence-electron chi connectivity index (χ1n) is 6.27. The van der Waals surface area contributed by atoms with E-state index in [2.05, 4.69) is 10.1 Å². The lowest BCUT2D eigenvalue weighted by Gasteiger charge is -2.18. The van der Waals surface area contributed by atoms with Crippen LogP contribution in [0.3, 0.4) is 0 Å². The van der Waals surface area contributed by atoms with Crippen molar-refractivity contribution < 1.29 is 9.84 Å². The van der Waals surface area contributed by atoms with Crippen LogP contribution in [0.1, 0.15) is 42.9 Å². The van der Waals surface area contributed by atoms with E-state index in [1.807, 2.05) is 32.9 Å². The van der Waals surface area contributed by atoms with E-state index < -0.39 is 6.10 Å². The quantitative estimate of drug-likeness (QED) is 0.917. The van der Waals surface area contributed by atoms with Crippen molar-refractivity contribution in [3.05, 3.63) is 41.5 Å². The fourth-order valence-electron chi connectivity index (χ4n) is 2.10. The van der Waals surface area contributed by atoms with Crippen molar-refractivity contribution in [3.63, 3.8) is 0 Å². The van der Waals surface area contributed by atoms with Gasteiger partial charge < -0.3 is 9.84 Å². The third-order valence-corrected chi connectivity index (χ3v) is 3.08. The second-order valence-electron chi connectivity index (χ2n) is 4.74. The standard InChI is InChI=1S/C14H19N3O2/c1-9(2)17-13(11(19-4)8-16-17)14(18)12-10(3)6-5-7-15-12/h5-9,14,18H,1-4H3. The number of nitrogens with zero attached hydrogens (tertiary/aromatic N) is 3. The molecule has 5 nitrogen and oxygen atoms in total. The zero-order valence-electron chi connectivity index (χ0n) is 11.7. The first-order valence-corrected chi connectivity index (χ1v) is 6.27. The summed E-state index contributed by atoms with van der Waals surface area (Å²) in [5.74, 6) is 0.575. The molecule has 2 aromatic heterocycles. The van der Waals surface area contributed by atoms with Crippen molar-refractivity contribution >= 4 is 0 Å². The summed E-state index contributed by atoms with van der Waals surface area (Å²) >= 11 is 0. The molecule has 0 radical (unpaired) electrons. The maximum atomic E-state index is 10.6. The molecular weight excluding hydrogens is 242 g/mol. The third-order valence-electron chi connectivity index (χ3n) is 3.08. The van der Waals surface area contributed by atoms with Crippen LogP contribution in [-0.2, 0) is 0 Å². The minimum absolute atomic E-state index is 0.137. The Balaban J connectivity index is 2.52. The van der Waals surface area contributed by atoms with Gasteiger partial charge in [0.1, 0.15) is 11.8 Å². The molecule has 2 heterocycles. The molecule has 0 saturated heterocycles. The van der Waals surface area contributed by atoms with E-state index in [1.54, 1.807) is 24.2 Å². The van der Waals surface area contributed by atoms with Gasteiger partial charge in [0.05, 0.1) is 19.0 Å². The number of aryl methyl sites for hydroxylation is 1. The normalized spacial score (nSPS) is 12.7. The van der Waals surface area contributed by atoms with Crippen LogP contribution in [0.4, 0.5) is 0 Å². The SMILES string of the molecule is COc1cnn(C(C)C)c1C(O)c1ncccc1C. The molecule has 1 N–H and O–H groups in total. The Morgan fingerprint density at radius 2 is 2.11 bits per heavy atom. The molecule has 0 aliphatic rings. The summed E-state index contributed by atoms with van der Waals surface area (Å²) < 4.78 is 7.05. The number of methoxy groups -OCH3 is 1. The van der Waals surface area contributed by atoms with Gasteiger partial charge in [-0.25, -0.2) is 0 Å². The van der Waals surface area contributed by atoms with Crippen molar-refractivity contribution in [1.29, 1.82) is 0 Å². The van der Waals surface area contributed by atoms with Crippen LogP contribution in [-0.4, -0.2) is 27.0 Å². The summed E-state index contributed by atoms with van der Waals surface area (Å²) in [5.41, 5.74) is 2.20. The predicted molar refractivity (Wildman–Crippen MR) is 72.2 cm³/mol. The van der Waals surface area contributed by atoms with Gasteiger partial charge >= 0.3 is 0 Å². The maximum Gasteiger partial charge on any atom is 0.163 e. The zero-order chi connectivity index (χ0) is 14.0. The van der Waals surface area contributed by atoms with Crippen molar-refractivity contribution in [2.75, 3.05) is 7.11 Å². The second kappa shape index (κ2) is 5.40. The summed E-state index contributed by atoms with van der Waals surface area (Å²) in [4.78, 5) is 4.26. The number of ether oxygens (including phenoxy) is 1. The number of aromatic nitrogens is 3. The third kappa shape index (κ3) is 2.46. The monoisotopic (exact) mass is 261 g/mol. The molecule has 5 heteroatoms. The van der Waals surface area contributed by atoms with Crippen LogP contribution in [0.2, 0.25) is 0 Å². The molecule has 0 spiro atoms. The highest BCUT2D eigenvalue weighted by Gasteiger charge is 2.24. The van der Waals surface area contributed by atoms with E-state index in [-0.39, 0.29) is 6.04 Å². The van der Waals surface area contributed by atoms with Crippen LogP contribution < -0.4 is 4.74 Å². The van der Waals surface area contributed by atoms with Crippen LogP contribution in [0.5, 0.6) is 5.75 Å². The van der Waals surface area contributed by atoms with Gasteiger partial charge in [-0.1, -0.05) is 6.07 Å². The Bertz CT molecular complexity index is 564. The van der Waals surface area contributed by atoms with Crippen molar-refractivity contribution in [1.82, 2.24) is 14.8 Å². The Labute approximate surface area is 112 Å². The van der Waals surface area contributed by atoms with Gasteiger partial charge in [-0.2, -0.15) is 5.10 Å². The minimum Gasteiger partial charge on any atom is -0.493 e. The van der Waals surface area contributed by atoms with Gasteiger partial charge in [-0.3, -0.25) is 9.67 Å². The number of rotatable bonds is 4. The second-order valence-corrected chi connectivity index (χ2v) is 4.74. The minimum atomic E-state index is -0.846. The summed E-state index contributed by atoms with van der Waals surface area (Å²) in [6, 6.07) is 3.91. The van der Waals surface area contributed by atoms with E-state index in [1.165, 1.54) is 0 Å². The number of hydrogen-bond donors (Lipinski definition) is 1. The molecule has 2 aromatic rings. The fraction of sp³-hybridized carbons (Fsp3) is 0.429. The highest BCUT2D eigenvalue weighted by Crippen LogP contribution is 2.31. The Hall–Kier alpha value is -1.88. The molecule has 0 aliphatic carbocycles. The van der Waals surface area contributed by atoms with Crippen molar-refractivity contribution in [2.45, 2.75) is 32.9 Å². The fourth-order valence-corrected chi connectivity index (χ4v) is 2.10. The van der Waals surface area contributed by atoms with Gasteiger partial charge in [0.2, 0.25) is 0 Å². The van der Waals surface area contributed by atoms with Crippen LogP contribution in [0.15, 0.2) is 24.5 Å². The molecular formula is C14H19N3O2. The van der Waals surface area contributed by atoms with Crippen molar-refractivity contribution in [2.24, 2.45) is 0 Å². The lowest BCUT2D eigenvalue weighted by atomic mass is 10.1. The topological polar surface area (TPSA) is 60.2 Å². The predicted octanol–water partition coefficient (Wildman–Crippen LogP) is 2.26. The summed E-state index contributed by atoms with van der Waals surface area (Å²) in [6.07, 6.45) is 2.45. The number of hydrogen-bond acceptors (Lipinski definition) is 4. The maximum absolute atomic E-state index is 10.6. The average molecular weight is 261 g/mol. The van der Waals surface area contributed by atoms with Gasteiger partial charge in [0.25, 0.3) is 0 Å². The van der Waals surface area contributed by atoms with Crippen LogP contribution in [0, 0.1) is 6.92 Å². The Kier molecular flexibility index (Phi) is 3.85. The largest absolute Gasteiger partial charge is 0.493 e. The van der Waals surface area contributed by atoms with E-state index in [0.29, 0.717) is 17.1 Å². The molecule has 1 unspecified atom stereocenters. The van der Waals surface area contributed by atoms with Gasteiger partial charge in [-0.15, -0.1) is 0 Å². The Morgan fingerprint density at radius 3 is 2.68 bits per heavy atom. The van der Waals surface area contributed by atoms with Crippen LogP contribution >= 0.6 is 0 Å². The zero-order valence-corrected chi connectivity index (χ0v) is 11.7. The Morgan fingerprint density at radius 1 is 1.37 bits per heavy atom. The van der Waals surface area contributed by atoms with E-state index in [9.17, 15) is 5.11 Å². The first-order chi connectivity index (χ1) is 9.06.